The van der Waals surface area contributed by atoms with Crippen LogP contribution in [0.2, 0.25) is 0 Å². The molecule has 0 radical (unpaired) electrons. The van der Waals surface area contributed by atoms with E-state index in [9.17, 15) is 27.2 Å². The standard InChI is InChI=1S/C51H27BN4O2/c53-28-29-25-41-47-42(26-29)56-39-19-8-15-33-32-13-4-6-17-37(32)54(48(33)39)40-20-9-16-36(50(40)56)52(47)51-49(35-27-31(23-24-44(35)58-51)30-11-2-1-3-12-30)55(41)38-18-10-22-45-46(38)34-14-5-7-21-43(34)57-45/h1-27H/i1D,2D,3D,4D,5D,6D,7D,8D,9D,10D,11D,12D,13D,14D,15D,16D,17D,18D,19D,20D,21D,22D,23D,24D,25D,26D,27D. The number of para-hydroxylation sites is 4. The first kappa shape index (κ1) is 14.9. The van der Waals surface area contributed by atoms with Crippen molar-refractivity contribution < 1.29 is 45.8 Å². The van der Waals surface area contributed by atoms with E-state index < -0.39 is 281 Å². The molecular weight excluding hydrogens is 711 g/mol. The van der Waals surface area contributed by atoms with Crippen molar-refractivity contribution in [3.05, 3.63) is 169 Å². The number of fused-ring (bicyclic) bond motifs is 14. The lowest BCUT2D eigenvalue weighted by molar-refractivity contribution is 0.651. The molecular formula is C51H27BN4O2. The highest BCUT2D eigenvalue weighted by atomic mass is 16.3. The lowest BCUT2D eigenvalue weighted by atomic mass is 9.35. The van der Waals surface area contributed by atoms with Crippen LogP contribution in [0.1, 0.15) is 42.6 Å². The van der Waals surface area contributed by atoms with Gasteiger partial charge in [0.05, 0.1) is 99.2 Å². The van der Waals surface area contributed by atoms with Gasteiger partial charge in [-0.25, -0.2) is 0 Å². The molecule has 6 nitrogen and oxygen atoms in total. The number of hydrogen-bond acceptors (Lipinski definition) is 5. The maximum Gasteiger partial charge on any atom is 0.297 e. The van der Waals surface area contributed by atoms with Crippen molar-refractivity contribution in [3.8, 4) is 22.9 Å². The minimum Gasteiger partial charge on any atom is -0.468 e. The van der Waals surface area contributed by atoms with E-state index in [1.54, 1.807) is 0 Å². The van der Waals surface area contributed by atoms with Crippen molar-refractivity contribution in [2.24, 2.45) is 0 Å². The Morgan fingerprint density at radius 3 is 2.09 bits per heavy atom. The largest absolute Gasteiger partial charge is 0.468 e. The minimum atomic E-state index is -1.94. The van der Waals surface area contributed by atoms with Crippen LogP contribution in [0.25, 0.3) is 71.5 Å². The molecule has 0 atom stereocenters. The minimum absolute atomic E-state index is 0.339. The molecule has 11 aromatic rings. The topological polar surface area (TPSA) is 61.5 Å². The third-order valence-electron chi connectivity index (χ3n) is 10.7. The summed E-state index contributed by atoms with van der Waals surface area (Å²) in [5, 5.41) is 8.84. The highest BCUT2D eigenvalue weighted by Crippen LogP contribution is 2.54. The lowest BCUT2D eigenvalue weighted by Gasteiger charge is -2.44. The number of aromatic nitrogens is 1. The molecule has 3 aliphatic heterocycles. The Morgan fingerprint density at radius 1 is 0.517 bits per heavy atom. The van der Waals surface area contributed by atoms with Crippen molar-refractivity contribution in [2.75, 3.05) is 9.80 Å². The maximum atomic E-state index is 11.3. The molecule has 6 heterocycles. The summed E-state index contributed by atoms with van der Waals surface area (Å²) >= 11 is 0. The summed E-state index contributed by atoms with van der Waals surface area (Å²) in [6.07, 6.45) is 0. The van der Waals surface area contributed by atoms with Crippen LogP contribution in [0.4, 0.5) is 34.1 Å². The molecule has 0 saturated heterocycles. The van der Waals surface area contributed by atoms with E-state index in [1.807, 2.05) is 6.07 Å². The van der Waals surface area contributed by atoms with Gasteiger partial charge in [-0.05, 0) is 82.5 Å². The van der Waals surface area contributed by atoms with Gasteiger partial charge in [0.2, 0.25) is 0 Å². The molecule has 0 bridgehead atoms. The van der Waals surface area contributed by atoms with Gasteiger partial charge in [-0.1, -0.05) is 103 Å². The molecule has 3 aromatic heterocycles. The molecule has 0 spiro atoms. The summed E-state index contributed by atoms with van der Waals surface area (Å²) in [5.41, 5.74) is -10.4. The molecule has 0 amide bonds. The fourth-order valence-electron chi connectivity index (χ4n) is 8.56. The van der Waals surface area contributed by atoms with Gasteiger partial charge in [-0.2, -0.15) is 5.26 Å². The normalized spacial score (nSPS) is 19.9. The van der Waals surface area contributed by atoms with Gasteiger partial charge in [-0.3, -0.25) is 0 Å². The molecule has 0 fully saturated rings. The van der Waals surface area contributed by atoms with E-state index in [0.29, 0.717) is 0 Å². The Kier molecular flexibility index (Phi) is 2.73. The van der Waals surface area contributed by atoms with Gasteiger partial charge < -0.3 is 23.2 Å². The van der Waals surface area contributed by atoms with Crippen molar-refractivity contribution in [1.82, 2.24) is 4.57 Å². The van der Waals surface area contributed by atoms with Gasteiger partial charge in [0.25, 0.3) is 6.71 Å². The van der Waals surface area contributed by atoms with Crippen molar-refractivity contribution >= 4 is 112 Å². The fourth-order valence-corrected chi connectivity index (χ4v) is 8.56. The van der Waals surface area contributed by atoms with Gasteiger partial charge in [-0.15, -0.1) is 0 Å². The van der Waals surface area contributed by atoms with Gasteiger partial charge >= 0.3 is 0 Å². The Labute approximate surface area is 369 Å². The SMILES string of the molecule is [2H]c1c([2H])c([2H])c(-c2c([2H])c([2H])c3oc4c(c3c2[2H])N(c2c([2H])c([2H])c([2H])c3oc5c([2H])c([2H])c([2H])c([2H])c5c23)c2c([2H])c(C#N)c([2H])c3c2B4c2c([2H])c([2H])c([2H])c4c2N3c2c([2H])c([2H])c([2H])c3c5c([2H])c([2H])c([2H])c([2H])c5n-4c23)c([2H])c1[2H]. The highest BCUT2D eigenvalue weighted by Gasteiger charge is 2.49. The molecule has 0 aliphatic carbocycles. The van der Waals surface area contributed by atoms with Crippen molar-refractivity contribution in [2.45, 2.75) is 0 Å². The smallest absolute Gasteiger partial charge is 0.297 e. The third kappa shape index (κ3) is 3.64. The number of anilines is 6. The van der Waals surface area contributed by atoms with Crippen LogP contribution in [0, 0.1) is 11.3 Å². The molecule has 0 unspecified atom stereocenters. The number of nitriles is 1. The second-order valence-corrected chi connectivity index (χ2v) is 13.4. The monoisotopic (exact) mass is 765 g/mol. The average Bonchev–Trinajstić information content (AvgIpc) is 1.66. The number of hydrogen-bond donors (Lipinski definition) is 0. The summed E-state index contributed by atoms with van der Waals surface area (Å²) in [4.78, 5) is 1.97. The number of benzene rings is 8. The van der Waals surface area contributed by atoms with E-state index in [0.717, 1.165) is 14.4 Å². The van der Waals surface area contributed by atoms with Crippen LogP contribution in [0.3, 0.4) is 0 Å². The fraction of sp³-hybridized carbons (Fsp3) is 0. The first-order valence-electron chi connectivity index (χ1n) is 30.9. The van der Waals surface area contributed by atoms with Gasteiger partial charge in [0.1, 0.15) is 16.7 Å². The average molecular weight is 766 g/mol. The van der Waals surface area contributed by atoms with Crippen LogP contribution in [-0.4, -0.2) is 11.3 Å². The summed E-state index contributed by atoms with van der Waals surface area (Å²) in [6, 6.07) is -21.4. The predicted molar refractivity (Wildman–Crippen MR) is 236 cm³/mol. The molecule has 0 saturated carbocycles. The van der Waals surface area contributed by atoms with Gasteiger partial charge in [0, 0.05) is 32.9 Å². The van der Waals surface area contributed by atoms with E-state index >= 15 is 0 Å². The maximum absolute atomic E-state index is 11.3. The lowest BCUT2D eigenvalue weighted by Crippen LogP contribution is -2.61. The summed E-state index contributed by atoms with van der Waals surface area (Å²) in [5.74, 6) is 0. The Morgan fingerprint density at radius 2 is 1.21 bits per heavy atom. The second kappa shape index (κ2) is 10.7. The second-order valence-electron chi connectivity index (χ2n) is 13.4. The molecule has 58 heavy (non-hydrogen) atoms. The number of nitrogens with zero attached hydrogens (tertiary/aromatic N) is 4. The van der Waals surface area contributed by atoms with Crippen LogP contribution in [0.5, 0.6) is 0 Å². The van der Waals surface area contributed by atoms with Crippen LogP contribution >= 0.6 is 0 Å². The zero-order valence-corrected chi connectivity index (χ0v) is 28.7. The van der Waals surface area contributed by atoms with Crippen molar-refractivity contribution in [1.29, 1.82) is 5.26 Å². The van der Waals surface area contributed by atoms with E-state index in [1.165, 1.54) is 0 Å². The summed E-state index contributed by atoms with van der Waals surface area (Å²) in [7, 11) is 0. The third-order valence-corrected chi connectivity index (χ3v) is 10.7. The Hall–Kier alpha value is -7.95. The molecule has 3 aliphatic rings. The zero-order valence-electron chi connectivity index (χ0n) is 55.7. The predicted octanol–water partition coefficient (Wildman–Crippen LogP) is 11.4. The van der Waals surface area contributed by atoms with Crippen LogP contribution < -0.4 is 26.4 Å². The zero-order chi connectivity index (χ0) is 61.3. The Balaban J connectivity index is 1.29. The molecule has 0 N–H and O–H groups in total. The number of furan rings is 2. The molecule has 266 valence electrons. The first-order valence-corrected chi connectivity index (χ1v) is 17.4. The van der Waals surface area contributed by atoms with E-state index in [-0.39, 0.29) is 16.3 Å². The quantitative estimate of drug-likeness (QED) is 0.164. The molecule has 14 rings (SSSR count). The molecule has 8 aromatic carbocycles. The first-order chi connectivity index (χ1) is 40.0. The van der Waals surface area contributed by atoms with Gasteiger partial charge in [0.15, 0.2) is 0 Å². The van der Waals surface area contributed by atoms with Crippen molar-refractivity contribution in [3.63, 3.8) is 0 Å². The molecule has 7 heteroatoms. The van der Waals surface area contributed by atoms with E-state index in [4.69, 9.17) is 23.9 Å². The summed E-state index contributed by atoms with van der Waals surface area (Å²) in [6.45, 7) is -1.94. The summed E-state index contributed by atoms with van der Waals surface area (Å²) < 4.78 is 264. The van der Waals surface area contributed by atoms with E-state index in [2.05, 4.69) is 0 Å². The number of rotatable bonds is 2. The van der Waals surface area contributed by atoms with Crippen LogP contribution in [-0.2, 0) is 0 Å². The Bertz CT molecular complexity index is 5250. The van der Waals surface area contributed by atoms with Crippen LogP contribution in [0.15, 0.2) is 172 Å². The highest BCUT2D eigenvalue weighted by molar-refractivity contribution is 7.00.